The van der Waals surface area contributed by atoms with E-state index in [9.17, 15) is 19.0 Å². The van der Waals surface area contributed by atoms with E-state index in [4.69, 9.17) is 29.6 Å². The summed E-state index contributed by atoms with van der Waals surface area (Å²) in [5.41, 5.74) is 6.08. The quantitative estimate of drug-likeness (QED) is 0.136. The molecule has 1 unspecified atom stereocenters. The Morgan fingerprint density at radius 3 is 2.27 bits per heavy atom. The Morgan fingerprint density at radius 1 is 0.865 bits per heavy atom. The molecule has 12 heteroatoms. The van der Waals surface area contributed by atoms with E-state index in [0.29, 0.717) is 25.4 Å². The third kappa shape index (κ3) is 13.2. The SMILES string of the molecule is N[C@@H](COP(=O)(O)OCCCOC(=O)CCc1ccccc1OCCCCOc1ccccc1)C(=O)O. The average Bonchev–Trinajstić information content (AvgIpc) is 2.89. The Hall–Kier alpha value is -2.95. The number of aryl methyl sites for hydroxylation is 1. The number of carbonyl (C=O) groups excluding carboxylic acids is 1. The van der Waals surface area contributed by atoms with Crippen LogP contribution < -0.4 is 15.2 Å². The highest BCUT2D eigenvalue weighted by Gasteiger charge is 2.24. The van der Waals surface area contributed by atoms with Crippen LogP contribution in [0.15, 0.2) is 54.6 Å². The molecule has 0 heterocycles. The third-order valence-corrected chi connectivity index (χ3v) is 5.90. The number of benzene rings is 2. The first-order valence-corrected chi connectivity index (χ1v) is 13.4. The van der Waals surface area contributed by atoms with Crippen molar-refractivity contribution >= 4 is 19.8 Å². The molecule has 0 aliphatic carbocycles. The van der Waals surface area contributed by atoms with E-state index in [1.165, 1.54) is 0 Å². The zero-order valence-corrected chi connectivity index (χ0v) is 21.4. The van der Waals surface area contributed by atoms with E-state index in [1.54, 1.807) is 0 Å². The van der Waals surface area contributed by atoms with Crippen molar-refractivity contribution in [1.29, 1.82) is 0 Å². The van der Waals surface area contributed by atoms with Crippen LogP contribution in [0.3, 0.4) is 0 Å². The molecule has 0 spiro atoms. The van der Waals surface area contributed by atoms with Crippen molar-refractivity contribution in [1.82, 2.24) is 0 Å². The van der Waals surface area contributed by atoms with Gasteiger partial charge in [-0.1, -0.05) is 36.4 Å². The van der Waals surface area contributed by atoms with Crippen LogP contribution in [0.4, 0.5) is 0 Å². The Kier molecular flexibility index (Phi) is 13.7. The van der Waals surface area contributed by atoms with Crippen molar-refractivity contribution in [3.05, 3.63) is 60.2 Å². The van der Waals surface area contributed by atoms with Crippen LogP contribution in [0.5, 0.6) is 11.5 Å². The lowest BCUT2D eigenvalue weighted by Crippen LogP contribution is -2.34. The van der Waals surface area contributed by atoms with Gasteiger partial charge >= 0.3 is 19.8 Å². The van der Waals surface area contributed by atoms with Gasteiger partial charge in [0.25, 0.3) is 0 Å². The van der Waals surface area contributed by atoms with Crippen molar-refractivity contribution in [3.63, 3.8) is 0 Å². The van der Waals surface area contributed by atoms with Gasteiger partial charge in [-0.05, 0) is 43.0 Å². The molecule has 11 nitrogen and oxygen atoms in total. The number of carboxylic acid groups (broad SMARTS) is 1. The summed E-state index contributed by atoms with van der Waals surface area (Å²) in [4.78, 5) is 32.1. The summed E-state index contributed by atoms with van der Waals surface area (Å²) < 4.78 is 37.5. The number of carbonyl (C=O) groups is 2. The number of unbranched alkanes of at least 4 members (excludes halogenated alkanes) is 1. The highest BCUT2D eigenvalue weighted by atomic mass is 31.2. The first kappa shape index (κ1) is 30.3. The van der Waals surface area contributed by atoms with Gasteiger partial charge in [-0.15, -0.1) is 0 Å². The van der Waals surface area contributed by atoms with Crippen LogP contribution in [0.1, 0.15) is 31.2 Å². The molecule has 37 heavy (non-hydrogen) atoms. The first-order valence-electron chi connectivity index (χ1n) is 11.9. The molecule has 2 rings (SSSR count). The number of phosphoric ester groups is 1. The number of rotatable bonds is 19. The lowest BCUT2D eigenvalue weighted by Gasteiger charge is -2.14. The summed E-state index contributed by atoms with van der Waals surface area (Å²) >= 11 is 0. The molecule has 0 amide bonds. The van der Waals surface area contributed by atoms with E-state index in [2.05, 4.69) is 4.52 Å². The Labute approximate surface area is 216 Å². The van der Waals surface area contributed by atoms with Gasteiger partial charge in [0.2, 0.25) is 0 Å². The van der Waals surface area contributed by atoms with Crippen molar-refractivity contribution in [2.45, 2.75) is 38.1 Å². The highest BCUT2D eigenvalue weighted by molar-refractivity contribution is 7.47. The Morgan fingerprint density at radius 2 is 1.54 bits per heavy atom. The Balaban J connectivity index is 1.58. The van der Waals surface area contributed by atoms with E-state index in [-0.39, 0.29) is 26.1 Å². The molecule has 0 radical (unpaired) electrons. The van der Waals surface area contributed by atoms with Gasteiger partial charge in [0.15, 0.2) is 0 Å². The number of aliphatic carboxylic acids is 1. The van der Waals surface area contributed by atoms with Crippen LogP contribution >= 0.6 is 7.82 Å². The second-order valence-corrected chi connectivity index (χ2v) is 9.39. The number of ether oxygens (including phenoxy) is 3. The standard InChI is InChI=1S/C25H34NO10P/c26-22(25(28)29)19-36-37(30,31)35-18-8-17-34-24(27)14-13-20-9-4-5-12-23(20)33-16-7-6-15-32-21-10-2-1-3-11-21/h1-5,9-12,22H,6-8,13-19,26H2,(H,28,29)(H,30,31)/t22-/m0/s1. The lowest BCUT2D eigenvalue weighted by atomic mass is 10.1. The van der Waals surface area contributed by atoms with Gasteiger partial charge < -0.3 is 29.9 Å². The van der Waals surface area contributed by atoms with Gasteiger partial charge in [0.05, 0.1) is 33.0 Å². The fourth-order valence-corrected chi connectivity index (χ4v) is 3.74. The van der Waals surface area contributed by atoms with Gasteiger partial charge in [-0.2, -0.15) is 0 Å². The molecule has 2 aromatic carbocycles. The summed E-state index contributed by atoms with van der Waals surface area (Å²) in [6.07, 6.45) is 2.40. The molecule has 204 valence electrons. The highest BCUT2D eigenvalue weighted by Crippen LogP contribution is 2.43. The van der Waals surface area contributed by atoms with Crippen molar-refractivity contribution in [3.8, 4) is 11.5 Å². The van der Waals surface area contributed by atoms with Crippen LogP contribution in [-0.2, 0) is 34.4 Å². The monoisotopic (exact) mass is 539 g/mol. The van der Waals surface area contributed by atoms with Gasteiger partial charge in [0, 0.05) is 12.8 Å². The zero-order chi connectivity index (χ0) is 26.9. The van der Waals surface area contributed by atoms with Crippen LogP contribution in [-0.4, -0.2) is 61.0 Å². The zero-order valence-electron chi connectivity index (χ0n) is 20.5. The van der Waals surface area contributed by atoms with Crippen LogP contribution in [0, 0.1) is 0 Å². The molecule has 2 atom stereocenters. The van der Waals surface area contributed by atoms with Gasteiger partial charge in [-0.3, -0.25) is 18.6 Å². The van der Waals surface area contributed by atoms with Crippen molar-refractivity contribution in [2.75, 3.05) is 33.0 Å². The van der Waals surface area contributed by atoms with Crippen LogP contribution in [0.2, 0.25) is 0 Å². The number of phosphoric acid groups is 1. The summed E-state index contributed by atoms with van der Waals surface area (Å²) in [5, 5.41) is 8.63. The molecule has 0 aliphatic rings. The smallest absolute Gasteiger partial charge is 0.472 e. The van der Waals surface area contributed by atoms with E-state index in [1.807, 2.05) is 54.6 Å². The predicted molar refractivity (Wildman–Crippen MR) is 134 cm³/mol. The molecule has 2 aromatic rings. The number of para-hydroxylation sites is 2. The molecule has 0 aliphatic heterocycles. The normalized spacial score (nSPS) is 13.4. The molecule has 0 fully saturated rings. The number of carboxylic acids is 1. The Bertz CT molecular complexity index is 1000. The summed E-state index contributed by atoms with van der Waals surface area (Å²) in [6, 6.07) is 15.7. The van der Waals surface area contributed by atoms with E-state index >= 15 is 0 Å². The van der Waals surface area contributed by atoms with Gasteiger partial charge in [-0.25, -0.2) is 4.57 Å². The molecule has 0 saturated carbocycles. The maximum absolute atomic E-state index is 12.1. The molecular formula is C25H34NO10P. The lowest BCUT2D eigenvalue weighted by molar-refractivity contribution is -0.143. The molecule has 0 bridgehead atoms. The minimum absolute atomic E-state index is 0.0172. The number of esters is 1. The number of hydrogen-bond acceptors (Lipinski definition) is 9. The predicted octanol–water partition coefficient (Wildman–Crippen LogP) is 3.34. The average molecular weight is 540 g/mol. The summed E-state index contributed by atoms with van der Waals surface area (Å²) in [6.45, 7) is 0.215. The molecule has 0 aromatic heterocycles. The number of hydrogen-bond donors (Lipinski definition) is 3. The van der Waals surface area contributed by atoms with Crippen LogP contribution in [0.25, 0.3) is 0 Å². The molecule has 4 N–H and O–H groups in total. The topological polar surface area (TPSA) is 164 Å². The van der Waals surface area contributed by atoms with Gasteiger partial charge in [0.1, 0.15) is 17.5 Å². The maximum Gasteiger partial charge on any atom is 0.472 e. The fourth-order valence-electron chi connectivity index (χ4n) is 2.96. The minimum atomic E-state index is -4.44. The van der Waals surface area contributed by atoms with Crippen molar-refractivity contribution < 1.29 is 47.4 Å². The first-order chi connectivity index (χ1) is 17.8. The number of nitrogens with two attached hydrogens (primary N) is 1. The third-order valence-electron chi connectivity index (χ3n) is 4.92. The van der Waals surface area contributed by atoms with Crippen molar-refractivity contribution in [2.24, 2.45) is 5.73 Å². The minimum Gasteiger partial charge on any atom is -0.494 e. The van der Waals surface area contributed by atoms with E-state index in [0.717, 1.165) is 24.2 Å². The maximum atomic E-state index is 12.1. The second kappa shape index (κ2) is 16.7. The molecular weight excluding hydrogens is 505 g/mol. The molecule has 0 saturated heterocycles. The van der Waals surface area contributed by atoms with E-state index < -0.39 is 32.4 Å². The fraction of sp³-hybridized carbons (Fsp3) is 0.440. The second-order valence-electron chi connectivity index (χ2n) is 7.94. The summed E-state index contributed by atoms with van der Waals surface area (Å²) in [7, 11) is -4.44. The largest absolute Gasteiger partial charge is 0.494 e. The summed E-state index contributed by atoms with van der Waals surface area (Å²) in [5.74, 6) is -0.239.